The predicted molar refractivity (Wildman–Crippen MR) is 61.1 cm³/mol. The Hall–Kier alpha value is -2.30. The molecule has 0 fully saturated rings. The van der Waals surface area contributed by atoms with E-state index in [1.54, 1.807) is 19.1 Å². The summed E-state index contributed by atoms with van der Waals surface area (Å²) < 4.78 is 23.8. The van der Waals surface area contributed by atoms with Gasteiger partial charge in [-0.3, -0.25) is 0 Å². The van der Waals surface area contributed by atoms with Crippen molar-refractivity contribution in [1.29, 1.82) is 0 Å². The van der Waals surface area contributed by atoms with Crippen LogP contribution in [0.1, 0.15) is 29.3 Å². The van der Waals surface area contributed by atoms with Crippen molar-refractivity contribution in [1.82, 2.24) is 0 Å². The zero-order chi connectivity index (χ0) is 13.1. The minimum absolute atomic E-state index is 0.0956. The summed E-state index contributed by atoms with van der Waals surface area (Å²) in [5.74, 6) is -1.38. The van der Waals surface area contributed by atoms with Crippen LogP contribution in [0.5, 0.6) is 5.75 Å². The number of halogens is 1. The van der Waals surface area contributed by atoms with Gasteiger partial charge in [-0.15, -0.1) is 0 Å². The van der Waals surface area contributed by atoms with Gasteiger partial charge >= 0.3 is 5.97 Å². The van der Waals surface area contributed by atoms with Gasteiger partial charge in [-0.25, -0.2) is 9.18 Å². The Kier molecular flexibility index (Phi) is 3.32. The van der Waals surface area contributed by atoms with Crippen molar-refractivity contribution < 1.29 is 23.4 Å². The van der Waals surface area contributed by atoms with Crippen LogP contribution in [0.25, 0.3) is 0 Å². The number of carboxylic acid groups (broad SMARTS) is 1. The third kappa shape index (κ3) is 2.51. The molecule has 94 valence electrons. The highest BCUT2D eigenvalue weighted by Gasteiger charge is 2.16. The summed E-state index contributed by atoms with van der Waals surface area (Å²) in [6, 6.07) is 8.81. The van der Waals surface area contributed by atoms with Crippen LogP contribution >= 0.6 is 0 Å². The molecule has 0 aliphatic carbocycles. The third-order valence-corrected chi connectivity index (χ3v) is 2.38. The second kappa shape index (κ2) is 4.91. The lowest BCUT2D eigenvalue weighted by Crippen LogP contribution is -2.03. The Balaban J connectivity index is 2.14. The standard InChI is InChI=1S/C13H11FO4/c1-8(10-6-7-12(18-10)13(15)16)17-11-5-3-2-4-9(11)14/h2-8H,1H3,(H,15,16). The maximum absolute atomic E-state index is 13.3. The highest BCUT2D eigenvalue weighted by atomic mass is 19.1. The highest BCUT2D eigenvalue weighted by molar-refractivity contribution is 5.84. The molecule has 0 saturated heterocycles. The van der Waals surface area contributed by atoms with Crippen molar-refractivity contribution in [2.24, 2.45) is 0 Å². The second-order valence-corrected chi connectivity index (χ2v) is 3.70. The zero-order valence-corrected chi connectivity index (χ0v) is 9.59. The number of hydrogen-bond donors (Lipinski definition) is 1. The summed E-state index contributed by atoms with van der Waals surface area (Å²) in [4.78, 5) is 10.7. The number of para-hydroxylation sites is 1. The summed E-state index contributed by atoms with van der Waals surface area (Å²) in [5.41, 5.74) is 0. The molecular weight excluding hydrogens is 239 g/mol. The van der Waals surface area contributed by atoms with Crippen LogP contribution in [0.4, 0.5) is 4.39 Å². The summed E-state index contributed by atoms with van der Waals surface area (Å²) >= 11 is 0. The maximum Gasteiger partial charge on any atom is 0.371 e. The SMILES string of the molecule is CC(Oc1ccccc1F)c1ccc(C(=O)O)o1. The van der Waals surface area contributed by atoms with Gasteiger partial charge in [0.1, 0.15) is 5.76 Å². The van der Waals surface area contributed by atoms with Crippen molar-refractivity contribution in [2.75, 3.05) is 0 Å². The number of rotatable bonds is 4. The quantitative estimate of drug-likeness (QED) is 0.904. The first kappa shape index (κ1) is 12.2. The number of carboxylic acids is 1. The molecule has 4 nitrogen and oxygen atoms in total. The van der Waals surface area contributed by atoms with Crippen LogP contribution in [0.15, 0.2) is 40.8 Å². The minimum Gasteiger partial charge on any atom is -0.480 e. The molecule has 0 aliphatic heterocycles. The van der Waals surface area contributed by atoms with Crippen molar-refractivity contribution in [3.05, 3.63) is 53.7 Å². The third-order valence-electron chi connectivity index (χ3n) is 2.38. The number of furan rings is 1. The van der Waals surface area contributed by atoms with E-state index in [0.29, 0.717) is 5.76 Å². The van der Waals surface area contributed by atoms with E-state index in [0.717, 1.165) is 0 Å². The fraction of sp³-hybridized carbons (Fsp3) is 0.154. The Morgan fingerprint density at radius 2 is 2.06 bits per heavy atom. The Morgan fingerprint density at radius 1 is 1.33 bits per heavy atom. The number of aromatic carboxylic acids is 1. The fourth-order valence-electron chi connectivity index (χ4n) is 1.48. The predicted octanol–water partition coefficient (Wildman–Crippen LogP) is 3.26. The first-order valence-electron chi connectivity index (χ1n) is 5.32. The first-order valence-corrected chi connectivity index (χ1v) is 5.32. The van der Waals surface area contributed by atoms with Crippen LogP contribution < -0.4 is 4.74 Å². The molecule has 0 bridgehead atoms. The van der Waals surface area contributed by atoms with Crippen LogP contribution in [0, 0.1) is 5.82 Å². The molecule has 1 atom stereocenters. The van der Waals surface area contributed by atoms with Crippen LogP contribution in [0.3, 0.4) is 0 Å². The van der Waals surface area contributed by atoms with Gasteiger partial charge in [-0.2, -0.15) is 0 Å². The maximum atomic E-state index is 13.3. The van der Waals surface area contributed by atoms with Crippen molar-refractivity contribution >= 4 is 5.97 Å². The topological polar surface area (TPSA) is 59.7 Å². The molecule has 1 aromatic heterocycles. The van der Waals surface area contributed by atoms with E-state index >= 15 is 0 Å². The van der Waals surface area contributed by atoms with Gasteiger partial charge in [0.25, 0.3) is 0 Å². The van der Waals surface area contributed by atoms with E-state index in [-0.39, 0.29) is 11.5 Å². The van der Waals surface area contributed by atoms with E-state index in [1.807, 2.05) is 0 Å². The Bertz CT molecular complexity index is 562. The molecule has 18 heavy (non-hydrogen) atoms. The van der Waals surface area contributed by atoms with Crippen molar-refractivity contribution in [3.8, 4) is 5.75 Å². The normalized spacial score (nSPS) is 12.1. The van der Waals surface area contributed by atoms with Gasteiger partial charge < -0.3 is 14.3 Å². The monoisotopic (exact) mass is 250 g/mol. The summed E-state index contributed by atoms with van der Waals surface area (Å²) in [7, 11) is 0. The van der Waals surface area contributed by atoms with E-state index < -0.39 is 17.9 Å². The molecule has 0 aliphatic rings. The van der Waals surface area contributed by atoms with Crippen molar-refractivity contribution in [2.45, 2.75) is 13.0 Å². The molecular formula is C13H11FO4. The largest absolute Gasteiger partial charge is 0.480 e. The van der Waals surface area contributed by atoms with Crippen molar-refractivity contribution in [3.63, 3.8) is 0 Å². The second-order valence-electron chi connectivity index (χ2n) is 3.70. The lowest BCUT2D eigenvalue weighted by atomic mass is 10.3. The number of ether oxygens (including phenoxy) is 1. The molecule has 2 rings (SSSR count). The molecule has 1 unspecified atom stereocenters. The minimum atomic E-state index is -1.15. The summed E-state index contributed by atoms with van der Waals surface area (Å²) in [5, 5.41) is 8.72. The molecule has 0 amide bonds. The molecule has 1 aromatic carbocycles. The summed E-state index contributed by atoms with van der Waals surface area (Å²) in [6.45, 7) is 1.65. The molecule has 0 saturated carbocycles. The van der Waals surface area contributed by atoms with E-state index in [2.05, 4.69) is 0 Å². The van der Waals surface area contributed by atoms with E-state index in [9.17, 15) is 9.18 Å². The van der Waals surface area contributed by atoms with Gasteiger partial charge in [-0.05, 0) is 31.2 Å². The van der Waals surface area contributed by atoms with Gasteiger partial charge in [0.05, 0.1) is 0 Å². The van der Waals surface area contributed by atoms with E-state index in [1.165, 1.54) is 24.3 Å². The molecule has 1 heterocycles. The molecule has 1 N–H and O–H groups in total. The van der Waals surface area contributed by atoms with Crippen LogP contribution in [-0.2, 0) is 0 Å². The highest BCUT2D eigenvalue weighted by Crippen LogP contribution is 2.25. The first-order chi connectivity index (χ1) is 8.58. The number of hydrogen-bond acceptors (Lipinski definition) is 3. The lowest BCUT2D eigenvalue weighted by Gasteiger charge is -2.12. The van der Waals surface area contributed by atoms with Gasteiger partial charge in [0.2, 0.25) is 5.76 Å². The molecule has 0 spiro atoms. The smallest absolute Gasteiger partial charge is 0.371 e. The number of carbonyl (C=O) groups is 1. The van der Waals surface area contributed by atoms with Crippen LogP contribution in [-0.4, -0.2) is 11.1 Å². The van der Waals surface area contributed by atoms with Crippen LogP contribution in [0.2, 0.25) is 0 Å². The zero-order valence-electron chi connectivity index (χ0n) is 9.59. The van der Waals surface area contributed by atoms with Gasteiger partial charge in [0.15, 0.2) is 17.7 Å². The lowest BCUT2D eigenvalue weighted by molar-refractivity contribution is 0.0655. The molecule has 2 aromatic rings. The Morgan fingerprint density at radius 3 is 2.67 bits per heavy atom. The van der Waals surface area contributed by atoms with E-state index in [4.69, 9.17) is 14.3 Å². The molecule has 0 radical (unpaired) electrons. The van der Waals surface area contributed by atoms with Gasteiger partial charge in [0, 0.05) is 0 Å². The Labute approximate surface area is 103 Å². The number of benzene rings is 1. The van der Waals surface area contributed by atoms with Gasteiger partial charge in [-0.1, -0.05) is 12.1 Å². The average Bonchev–Trinajstić information content (AvgIpc) is 2.81. The fourth-order valence-corrected chi connectivity index (χ4v) is 1.48. The summed E-state index contributed by atoms with van der Waals surface area (Å²) in [6.07, 6.45) is -0.574. The average molecular weight is 250 g/mol. The molecule has 5 heteroatoms.